The minimum absolute atomic E-state index is 0.152. The Bertz CT molecular complexity index is 977. The number of rotatable bonds is 5. The number of anilines is 1. The maximum Gasteiger partial charge on any atom is 0.263 e. The smallest absolute Gasteiger partial charge is 0.263 e. The van der Waals surface area contributed by atoms with Crippen LogP contribution in [0.15, 0.2) is 41.3 Å². The van der Waals surface area contributed by atoms with E-state index in [9.17, 15) is 4.79 Å². The van der Waals surface area contributed by atoms with E-state index in [4.69, 9.17) is 0 Å². The summed E-state index contributed by atoms with van der Waals surface area (Å²) < 4.78 is 1.81. The quantitative estimate of drug-likeness (QED) is 0.739. The number of benzene rings is 1. The molecule has 136 valence electrons. The fraction of sp³-hybridized carbons (Fsp3) is 0.450. The zero-order chi connectivity index (χ0) is 18.4. The third-order valence-corrected chi connectivity index (χ3v) is 5.08. The van der Waals surface area contributed by atoms with Gasteiger partial charge in [-0.15, -0.1) is 0 Å². The molecule has 0 spiro atoms. The molecule has 1 aliphatic rings. The maximum absolute atomic E-state index is 12.4. The van der Waals surface area contributed by atoms with E-state index in [1.54, 1.807) is 10.9 Å². The molecule has 4 rings (SSSR count). The minimum atomic E-state index is -0.231. The monoisotopic (exact) mass is 351 g/mol. The van der Waals surface area contributed by atoms with Crippen LogP contribution in [0.2, 0.25) is 0 Å². The van der Waals surface area contributed by atoms with E-state index >= 15 is 0 Å². The van der Waals surface area contributed by atoms with Gasteiger partial charge in [-0.3, -0.25) is 9.78 Å². The van der Waals surface area contributed by atoms with Gasteiger partial charge in [-0.25, -0.2) is 4.68 Å². The lowest BCUT2D eigenvalue weighted by Gasteiger charge is -2.20. The highest BCUT2D eigenvalue weighted by atomic mass is 16.1. The molecule has 0 bridgehead atoms. The number of aromatic amines is 1. The lowest BCUT2D eigenvalue weighted by atomic mass is 9.96. The summed E-state index contributed by atoms with van der Waals surface area (Å²) in [6, 6.07) is 10.6. The first-order chi connectivity index (χ1) is 12.4. The SMILES string of the molecule is CC(C)(C)n1ncc2c(=O)[nH]c(NCC3(Cc4ccccc4)CC3)nc21. The Hall–Kier alpha value is -2.63. The highest BCUT2D eigenvalue weighted by Crippen LogP contribution is 2.48. The maximum atomic E-state index is 12.4. The van der Waals surface area contributed by atoms with Gasteiger partial charge >= 0.3 is 0 Å². The molecule has 1 aliphatic carbocycles. The van der Waals surface area contributed by atoms with Gasteiger partial charge in [0.1, 0.15) is 5.39 Å². The number of hydrogen-bond acceptors (Lipinski definition) is 4. The molecule has 6 heteroatoms. The van der Waals surface area contributed by atoms with E-state index in [1.165, 1.54) is 18.4 Å². The molecular weight excluding hydrogens is 326 g/mol. The van der Waals surface area contributed by atoms with Crippen molar-refractivity contribution in [1.29, 1.82) is 0 Å². The number of H-pyrrole nitrogens is 1. The Labute approximate surface area is 152 Å². The van der Waals surface area contributed by atoms with Gasteiger partial charge in [0.2, 0.25) is 5.95 Å². The molecule has 0 aliphatic heterocycles. The third kappa shape index (κ3) is 3.23. The van der Waals surface area contributed by atoms with E-state index in [0.29, 0.717) is 17.0 Å². The zero-order valence-corrected chi connectivity index (χ0v) is 15.5. The summed E-state index contributed by atoms with van der Waals surface area (Å²) in [6.45, 7) is 6.96. The lowest BCUT2D eigenvalue weighted by Crippen LogP contribution is -2.25. The highest BCUT2D eigenvalue weighted by Gasteiger charge is 2.42. The van der Waals surface area contributed by atoms with Crippen molar-refractivity contribution in [3.63, 3.8) is 0 Å². The molecule has 0 atom stereocenters. The van der Waals surface area contributed by atoms with Crippen molar-refractivity contribution in [3.05, 3.63) is 52.4 Å². The topological polar surface area (TPSA) is 75.6 Å². The second-order valence-corrected chi connectivity index (χ2v) is 8.39. The number of nitrogens with one attached hydrogen (secondary N) is 2. The molecule has 0 amide bonds. The summed E-state index contributed by atoms with van der Waals surface area (Å²) >= 11 is 0. The molecular formula is C20H25N5O. The summed E-state index contributed by atoms with van der Waals surface area (Å²) in [4.78, 5) is 19.9. The van der Waals surface area contributed by atoms with Gasteiger partial charge in [0.15, 0.2) is 5.65 Å². The van der Waals surface area contributed by atoms with Crippen LogP contribution in [0.3, 0.4) is 0 Å². The van der Waals surface area contributed by atoms with Crippen molar-refractivity contribution in [2.45, 2.75) is 45.6 Å². The van der Waals surface area contributed by atoms with E-state index in [0.717, 1.165) is 13.0 Å². The first kappa shape index (κ1) is 16.8. The second-order valence-electron chi connectivity index (χ2n) is 8.39. The van der Waals surface area contributed by atoms with Crippen molar-refractivity contribution >= 4 is 17.0 Å². The highest BCUT2D eigenvalue weighted by molar-refractivity contribution is 5.74. The fourth-order valence-corrected chi connectivity index (χ4v) is 3.39. The Kier molecular flexibility index (Phi) is 3.86. The number of nitrogens with zero attached hydrogens (tertiary/aromatic N) is 3. The summed E-state index contributed by atoms with van der Waals surface area (Å²) in [5.74, 6) is 0.521. The molecule has 2 N–H and O–H groups in total. The van der Waals surface area contributed by atoms with Crippen LogP contribution in [-0.2, 0) is 12.0 Å². The largest absolute Gasteiger partial charge is 0.355 e. The summed E-state index contributed by atoms with van der Waals surface area (Å²) in [5.41, 5.74) is 1.86. The second kappa shape index (κ2) is 5.97. The van der Waals surface area contributed by atoms with E-state index in [2.05, 4.69) is 65.4 Å². The average molecular weight is 351 g/mol. The van der Waals surface area contributed by atoms with E-state index < -0.39 is 0 Å². The fourth-order valence-electron chi connectivity index (χ4n) is 3.39. The molecule has 1 aromatic carbocycles. The van der Waals surface area contributed by atoms with Gasteiger partial charge in [0, 0.05) is 6.54 Å². The molecule has 26 heavy (non-hydrogen) atoms. The van der Waals surface area contributed by atoms with Crippen LogP contribution in [-0.4, -0.2) is 26.3 Å². The van der Waals surface area contributed by atoms with Gasteiger partial charge < -0.3 is 5.32 Å². The normalized spacial score (nSPS) is 16.0. The summed E-state index contributed by atoms with van der Waals surface area (Å²) in [6.07, 6.45) is 5.03. The van der Waals surface area contributed by atoms with Crippen molar-refractivity contribution in [2.75, 3.05) is 11.9 Å². The van der Waals surface area contributed by atoms with Crippen LogP contribution >= 0.6 is 0 Å². The number of hydrogen-bond donors (Lipinski definition) is 2. The Morgan fingerprint density at radius 1 is 1.23 bits per heavy atom. The van der Waals surface area contributed by atoms with Gasteiger partial charge in [-0.2, -0.15) is 10.1 Å². The Morgan fingerprint density at radius 3 is 2.62 bits per heavy atom. The molecule has 0 unspecified atom stereocenters. The van der Waals surface area contributed by atoms with Crippen LogP contribution in [0.25, 0.3) is 11.0 Å². The van der Waals surface area contributed by atoms with Gasteiger partial charge in [-0.05, 0) is 51.0 Å². The predicted octanol–water partition coefficient (Wildman–Crippen LogP) is 3.31. The summed E-state index contributed by atoms with van der Waals surface area (Å²) in [7, 11) is 0. The minimum Gasteiger partial charge on any atom is -0.355 e. The third-order valence-electron chi connectivity index (χ3n) is 5.08. The van der Waals surface area contributed by atoms with Gasteiger partial charge in [0.25, 0.3) is 5.56 Å². The lowest BCUT2D eigenvalue weighted by molar-refractivity contribution is 0.366. The van der Waals surface area contributed by atoms with Crippen LogP contribution < -0.4 is 10.9 Å². The van der Waals surface area contributed by atoms with Crippen LogP contribution in [0.5, 0.6) is 0 Å². The first-order valence-electron chi connectivity index (χ1n) is 9.13. The van der Waals surface area contributed by atoms with Crippen LogP contribution in [0.1, 0.15) is 39.2 Å². The molecule has 1 fully saturated rings. The average Bonchev–Trinajstić information content (AvgIpc) is 3.19. The molecule has 1 saturated carbocycles. The molecule has 6 nitrogen and oxygen atoms in total. The van der Waals surface area contributed by atoms with Crippen molar-refractivity contribution in [3.8, 4) is 0 Å². The van der Waals surface area contributed by atoms with E-state index in [1.807, 2.05) is 6.07 Å². The predicted molar refractivity (Wildman–Crippen MR) is 103 cm³/mol. The number of fused-ring (bicyclic) bond motifs is 1. The van der Waals surface area contributed by atoms with Crippen LogP contribution in [0, 0.1) is 5.41 Å². The van der Waals surface area contributed by atoms with Crippen molar-refractivity contribution < 1.29 is 0 Å². The van der Waals surface area contributed by atoms with E-state index in [-0.39, 0.29) is 16.5 Å². The van der Waals surface area contributed by atoms with Crippen molar-refractivity contribution in [2.24, 2.45) is 5.41 Å². The molecule has 2 heterocycles. The zero-order valence-electron chi connectivity index (χ0n) is 15.5. The first-order valence-corrected chi connectivity index (χ1v) is 9.13. The van der Waals surface area contributed by atoms with Crippen LogP contribution in [0.4, 0.5) is 5.95 Å². The van der Waals surface area contributed by atoms with Gasteiger partial charge in [-0.1, -0.05) is 30.3 Å². The molecule has 0 saturated heterocycles. The molecule has 0 radical (unpaired) electrons. The number of aromatic nitrogens is 4. The Morgan fingerprint density at radius 2 is 1.96 bits per heavy atom. The molecule has 2 aromatic heterocycles. The Balaban J connectivity index is 1.55. The summed E-state index contributed by atoms with van der Waals surface area (Å²) in [5, 5.41) is 8.24. The molecule has 3 aromatic rings. The van der Waals surface area contributed by atoms with Gasteiger partial charge in [0.05, 0.1) is 11.7 Å². The standard InChI is InChI=1S/C20H25N5O/c1-19(2,3)25-16-15(12-22-25)17(26)24-18(23-16)21-13-20(9-10-20)11-14-7-5-4-6-8-14/h4-8,12H,9-11,13H2,1-3H3,(H2,21,23,24,26). The van der Waals surface area contributed by atoms with Crippen molar-refractivity contribution in [1.82, 2.24) is 19.7 Å².